The van der Waals surface area contributed by atoms with Crippen molar-refractivity contribution in [2.45, 2.75) is 32.5 Å². The smallest absolute Gasteiger partial charge is 0.322 e. The van der Waals surface area contributed by atoms with Crippen molar-refractivity contribution < 1.29 is 23.9 Å². The number of urea groups is 1. The molecule has 9 nitrogen and oxygen atoms in total. The fourth-order valence-electron chi connectivity index (χ4n) is 4.30. The molecule has 0 aliphatic carbocycles. The van der Waals surface area contributed by atoms with Crippen molar-refractivity contribution in [3.8, 4) is 30.4 Å². The summed E-state index contributed by atoms with van der Waals surface area (Å²) >= 11 is 0. The molecule has 39 heavy (non-hydrogen) atoms. The third kappa shape index (κ3) is 6.11. The Morgan fingerprint density at radius 3 is 2.51 bits per heavy atom. The van der Waals surface area contributed by atoms with E-state index >= 15 is 0 Å². The Hall–Kier alpha value is -5.02. The van der Waals surface area contributed by atoms with Gasteiger partial charge in [-0.3, -0.25) is 19.9 Å². The molecule has 1 fully saturated rings. The average molecular weight is 527 g/mol. The topological polar surface area (TPSA) is 109 Å². The van der Waals surface area contributed by atoms with Gasteiger partial charge in [0.2, 0.25) is 0 Å². The van der Waals surface area contributed by atoms with Crippen LogP contribution in [0.4, 0.5) is 4.79 Å². The third-order valence-corrected chi connectivity index (χ3v) is 6.20. The van der Waals surface area contributed by atoms with Crippen molar-refractivity contribution >= 4 is 23.6 Å². The van der Waals surface area contributed by atoms with Crippen LogP contribution in [0.5, 0.6) is 5.75 Å². The van der Waals surface area contributed by atoms with E-state index in [1.54, 1.807) is 32.2 Å². The maximum Gasteiger partial charge on any atom is 0.322 e. The third-order valence-electron chi connectivity index (χ3n) is 6.20. The summed E-state index contributed by atoms with van der Waals surface area (Å²) in [5.74, 6) is 6.85. The molecular weight excluding hydrogens is 496 g/mol. The Bertz CT molecular complexity index is 1440. The molecule has 2 atom stereocenters. The van der Waals surface area contributed by atoms with Gasteiger partial charge in [-0.05, 0) is 49.8 Å². The van der Waals surface area contributed by atoms with Gasteiger partial charge >= 0.3 is 6.03 Å². The summed E-state index contributed by atoms with van der Waals surface area (Å²) < 4.78 is 10.9. The first kappa shape index (κ1) is 28.5. The van der Waals surface area contributed by atoms with Crippen molar-refractivity contribution in [1.29, 1.82) is 0 Å². The van der Waals surface area contributed by atoms with Crippen molar-refractivity contribution in [3.05, 3.63) is 76.1 Å². The lowest BCUT2D eigenvalue weighted by atomic mass is 9.93. The molecule has 4 amide bonds. The molecule has 0 bridgehead atoms. The van der Waals surface area contributed by atoms with Crippen LogP contribution in [0, 0.1) is 24.7 Å². The van der Waals surface area contributed by atoms with Gasteiger partial charge in [0.15, 0.2) is 6.04 Å². The number of methoxy groups -OCH3 is 1. The molecule has 0 aromatic heterocycles. The molecular formula is C30H30N4O5. The minimum Gasteiger partial charge on any atom is -0.497 e. The fourth-order valence-corrected chi connectivity index (χ4v) is 4.30. The minimum atomic E-state index is -0.815. The highest BCUT2D eigenvalue weighted by atomic mass is 16.5. The number of hydrogen-bond donors (Lipinski definition) is 2. The second-order valence-corrected chi connectivity index (χ2v) is 8.64. The van der Waals surface area contributed by atoms with Crippen molar-refractivity contribution in [3.63, 3.8) is 0 Å². The SMILES string of the molecule is C#C.C/C=C1/OC(C)c2cc(C#CC3NC(=O)NC3=O)ccc2C1=NC.COc1ccc2c(c1)C(=O)N(C)C2. The van der Waals surface area contributed by atoms with Crippen LogP contribution in [0.1, 0.15) is 52.6 Å². The maximum atomic E-state index is 11.5. The number of amides is 4. The Morgan fingerprint density at radius 2 is 1.90 bits per heavy atom. The van der Waals surface area contributed by atoms with E-state index in [2.05, 4.69) is 40.3 Å². The lowest BCUT2D eigenvalue weighted by Crippen LogP contribution is -2.26. The number of benzene rings is 2. The number of ether oxygens (including phenoxy) is 2. The number of terminal acetylenes is 1. The molecule has 1 saturated heterocycles. The van der Waals surface area contributed by atoms with Gasteiger partial charge in [-0.15, -0.1) is 12.8 Å². The molecule has 2 N–H and O–H groups in total. The molecule has 3 aliphatic rings. The minimum absolute atomic E-state index is 0.0777. The van der Waals surface area contributed by atoms with Crippen molar-refractivity contribution in [2.24, 2.45) is 4.99 Å². The van der Waals surface area contributed by atoms with Crippen LogP contribution in [-0.4, -0.2) is 55.7 Å². The second kappa shape index (κ2) is 12.5. The summed E-state index contributed by atoms with van der Waals surface area (Å²) in [7, 11) is 5.14. The van der Waals surface area contributed by atoms with E-state index in [0.717, 1.165) is 45.0 Å². The van der Waals surface area contributed by atoms with Crippen LogP contribution in [0.15, 0.2) is 53.2 Å². The van der Waals surface area contributed by atoms with Crippen LogP contribution in [0.2, 0.25) is 0 Å². The van der Waals surface area contributed by atoms with Gasteiger partial charge in [0.1, 0.15) is 23.3 Å². The zero-order valence-corrected chi connectivity index (χ0v) is 22.5. The van der Waals surface area contributed by atoms with Gasteiger partial charge in [0, 0.05) is 42.9 Å². The summed E-state index contributed by atoms with van der Waals surface area (Å²) in [6.07, 6.45) is 9.78. The van der Waals surface area contributed by atoms with Crippen LogP contribution < -0.4 is 15.4 Å². The number of fused-ring (bicyclic) bond motifs is 2. The van der Waals surface area contributed by atoms with Gasteiger partial charge in [0.25, 0.3) is 11.8 Å². The van der Waals surface area contributed by atoms with E-state index in [0.29, 0.717) is 6.54 Å². The van der Waals surface area contributed by atoms with E-state index in [-0.39, 0.29) is 12.0 Å². The number of aliphatic imine (C=N–C) groups is 1. The molecule has 9 heteroatoms. The monoisotopic (exact) mass is 526 g/mol. The molecule has 2 aromatic carbocycles. The number of carbonyl (C=O) groups excluding carboxylic acids is 3. The molecule has 3 aliphatic heterocycles. The average Bonchev–Trinajstić information content (AvgIpc) is 3.43. The number of nitrogens with one attached hydrogen (secondary N) is 2. The van der Waals surface area contributed by atoms with Gasteiger partial charge in [-0.1, -0.05) is 24.0 Å². The standard InChI is InChI=1S/C18H17N3O3.C10H11NO2.C2H2/c1-4-15-16(19-3)12-7-5-11(9-13(12)10(2)24-15)6-8-14-17(22)21-18(23)20-14;1-11-6-7-3-4-8(13-2)5-9(7)10(11)12;1-2/h4-5,7,9-10,14H,1-3H3,(H2,20,21,22,23);3-5H,6H2,1-2H3;1-2H/b15-4+,19-16?;;. The molecule has 5 rings (SSSR count). The van der Waals surface area contributed by atoms with Crippen LogP contribution in [0.3, 0.4) is 0 Å². The van der Waals surface area contributed by atoms with Crippen molar-refractivity contribution in [1.82, 2.24) is 15.5 Å². The lowest BCUT2D eigenvalue weighted by molar-refractivity contribution is -0.119. The predicted octanol–water partition coefficient (Wildman–Crippen LogP) is 3.19. The quantitative estimate of drug-likeness (QED) is 0.438. The normalized spacial score (nSPS) is 20.6. The van der Waals surface area contributed by atoms with Gasteiger partial charge in [-0.2, -0.15) is 0 Å². The molecule has 0 radical (unpaired) electrons. The summed E-state index contributed by atoms with van der Waals surface area (Å²) in [6, 6.07) is 10.0. The largest absolute Gasteiger partial charge is 0.497 e. The first-order chi connectivity index (χ1) is 18.7. The highest BCUT2D eigenvalue weighted by Gasteiger charge is 2.28. The van der Waals surface area contributed by atoms with Gasteiger partial charge in [0.05, 0.1) is 7.11 Å². The Balaban J connectivity index is 0.000000236. The highest BCUT2D eigenvalue weighted by molar-refractivity contribution is 6.13. The van der Waals surface area contributed by atoms with Crippen molar-refractivity contribution in [2.75, 3.05) is 21.2 Å². The van der Waals surface area contributed by atoms with E-state index in [1.807, 2.05) is 50.3 Å². The Kier molecular flexibility index (Phi) is 9.14. The summed E-state index contributed by atoms with van der Waals surface area (Å²) in [6.45, 7) is 4.59. The number of imide groups is 1. The fraction of sp³-hybridized carbons (Fsp3) is 0.267. The first-order valence-electron chi connectivity index (χ1n) is 12.1. The van der Waals surface area contributed by atoms with Gasteiger partial charge in [-0.25, -0.2) is 4.79 Å². The van der Waals surface area contributed by atoms with Crippen LogP contribution in [0.25, 0.3) is 0 Å². The second-order valence-electron chi connectivity index (χ2n) is 8.64. The molecule has 0 spiro atoms. The van der Waals surface area contributed by atoms with E-state index < -0.39 is 18.0 Å². The highest BCUT2D eigenvalue weighted by Crippen LogP contribution is 2.33. The van der Waals surface area contributed by atoms with E-state index in [4.69, 9.17) is 9.47 Å². The Labute approximate surface area is 228 Å². The molecule has 2 aromatic rings. The molecule has 3 heterocycles. The molecule has 2 unspecified atom stereocenters. The number of allylic oxidation sites excluding steroid dienone is 2. The van der Waals surface area contributed by atoms with Crippen LogP contribution >= 0.6 is 0 Å². The first-order valence-corrected chi connectivity index (χ1v) is 12.1. The predicted molar refractivity (Wildman–Crippen MR) is 148 cm³/mol. The zero-order chi connectivity index (χ0) is 28.7. The number of rotatable bonds is 1. The zero-order valence-electron chi connectivity index (χ0n) is 22.5. The molecule has 0 saturated carbocycles. The summed E-state index contributed by atoms with van der Waals surface area (Å²) in [5, 5.41) is 4.60. The van der Waals surface area contributed by atoms with Gasteiger partial charge < -0.3 is 19.7 Å². The van der Waals surface area contributed by atoms with E-state index in [9.17, 15) is 14.4 Å². The lowest BCUT2D eigenvalue weighted by Gasteiger charge is -2.27. The molecule has 200 valence electrons. The number of nitrogens with zero attached hydrogens (tertiary/aromatic N) is 2. The number of carbonyl (C=O) groups is 3. The number of hydrogen-bond acceptors (Lipinski definition) is 6. The van der Waals surface area contributed by atoms with Crippen LogP contribution in [-0.2, 0) is 16.1 Å². The van der Waals surface area contributed by atoms with E-state index in [1.165, 1.54) is 0 Å². The maximum absolute atomic E-state index is 11.5. The summed E-state index contributed by atoms with van der Waals surface area (Å²) in [5.41, 5.74) is 5.41. The Morgan fingerprint density at radius 1 is 1.15 bits per heavy atom. The summed E-state index contributed by atoms with van der Waals surface area (Å²) in [4.78, 5) is 40.1.